The minimum absolute atomic E-state index is 0.0123. The van der Waals surface area contributed by atoms with Gasteiger partial charge in [-0.1, -0.05) is 32.0 Å². The Hall–Kier alpha value is -2.30. The lowest BCUT2D eigenvalue weighted by atomic mass is 9.96. The molecule has 134 valence electrons. The fraction of sp³-hybridized carbons (Fsp3) is 0.500. The summed E-state index contributed by atoms with van der Waals surface area (Å²) in [4.78, 5) is 18.9. The van der Waals surface area contributed by atoms with Crippen molar-refractivity contribution in [3.05, 3.63) is 48.0 Å². The molecule has 1 aromatic carbocycles. The van der Waals surface area contributed by atoms with Crippen molar-refractivity contribution in [2.24, 2.45) is 5.92 Å². The molecule has 0 bridgehead atoms. The summed E-state index contributed by atoms with van der Waals surface area (Å²) in [5.74, 6) is 2.20. The van der Waals surface area contributed by atoms with Gasteiger partial charge in [0.2, 0.25) is 0 Å². The van der Waals surface area contributed by atoms with Gasteiger partial charge in [-0.3, -0.25) is 0 Å². The Balaban J connectivity index is 1.52. The Labute approximate surface area is 150 Å². The summed E-state index contributed by atoms with van der Waals surface area (Å²) in [6.07, 6.45) is 6.04. The summed E-state index contributed by atoms with van der Waals surface area (Å²) >= 11 is 0. The van der Waals surface area contributed by atoms with Gasteiger partial charge in [0, 0.05) is 43.6 Å². The quantitative estimate of drug-likeness (QED) is 0.904. The maximum absolute atomic E-state index is 12.5. The number of imidazole rings is 1. The van der Waals surface area contributed by atoms with E-state index in [2.05, 4.69) is 34.9 Å². The van der Waals surface area contributed by atoms with Gasteiger partial charge in [0.25, 0.3) is 0 Å². The average molecular weight is 340 g/mol. The van der Waals surface area contributed by atoms with Crippen LogP contribution in [0, 0.1) is 12.8 Å². The monoisotopic (exact) mass is 340 g/mol. The van der Waals surface area contributed by atoms with Gasteiger partial charge in [0.1, 0.15) is 5.82 Å². The number of benzene rings is 1. The van der Waals surface area contributed by atoms with Crippen molar-refractivity contribution >= 4 is 11.7 Å². The second-order valence-electron chi connectivity index (χ2n) is 7.27. The van der Waals surface area contributed by atoms with Crippen molar-refractivity contribution in [3.63, 3.8) is 0 Å². The molecule has 25 heavy (non-hydrogen) atoms. The zero-order valence-electron chi connectivity index (χ0n) is 15.4. The molecule has 5 nitrogen and oxygen atoms in total. The average Bonchev–Trinajstić information content (AvgIpc) is 3.06. The Bertz CT molecular complexity index is 714. The van der Waals surface area contributed by atoms with E-state index < -0.39 is 0 Å². The highest BCUT2D eigenvalue weighted by molar-refractivity contribution is 5.90. The number of aryl methyl sites for hydroxylation is 1. The fourth-order valence-corrected chi connectivity index (χ4v) is 3.48. The van der Waals surface area contributed by atoms with Crippen LogP contribution in [-0.4, -0.2) is 33.6 Å². The molecule has 1 saturated heterocycles. The standard InChI is InChI=1S/C20H28N4O/c1-15(2)19-21-10-13-24(19)14-17-8-11-23(12-9-17)20(25)22-18-7-5-4-6-16(18)3/h4-7,10,13,15,17H,8-9,11-12,14H2,1-3H3,(H,22,25). The second-order valence-corrected chi connectivity index (χ2v) is 7.27. The van der Waals surface area contributed by atoms with E-state index >= 15 is 0 Å². The van der Waals surface area contributed by atoms with Crippen molar-refractivity contribution in [1.29, 1.82) is 0 Å². The minimum atomic E-state index is 0.0123. The number of nitrogens with zero attached hydrogens (tertiary/aromatic N) is 3. The summed E-state index contributed by atoms with van der Waals surface area (Å²) < 4.78 is 2.28. The molecule has 1 aromatic heterocycles. The molecule has 3 rings (SSSR count). The first-order valence-electron chi connectivity index (χ1n) is 9.17. The van der Waals surface area contributed by atoms with Gasteiger partial charge < -0.3 is 14.8 Å². The van der Waals surface area contributed by atoms with E-state index in [1.54, 1.807) is 0 Å². The molecule has 1 N–H and O–H groups in total. The molecule has 0 atom stereocenters. The molecule has 2 heterocycles. The number of rotatable bonds is 4. The van der Waals surface area contributed by atoms with Crippen molar-refractivity contribution in [2.75, 3.05) is 18.4 Å². The van der Waals surface area contributed by atoms with E-state index in [-0.39, 0.29) is 6.03 Å². The predicted octanol–water partition coefficient (Wildman–Crippen LogP) is 4.26. The van der Waals surface area contributed by atoms with Gasteiger partial charge in [-0.25, -0.2) is 9.78 Å². The third kappa shape index (κ3) is 4.21. The van der Waals surface area contributed by atoms with E-state index in [4.69, 9.17) is 0 Å². The molecule has 0 unspecified atom stereocenters. The van der Waals surface area contributed by atoms with E-state index in [1.165, 1.54) is 0 Å². The normalized spacial score (nSPS) is 15.6. The number of hydrogen-bond donors (Lipinski definition) is 1. The summed E-state index contributed by atoms with van der Waals surface area (Å²) in [5, 5.41) is 3.04. The lowest BCUT2D eigenvalue weighted by Gasteiger charge is -2.32. The third-order valence-electron chi connectivity index (χ3n) is 5.01. The number of urea groups is 1. The van der Waals surface area contributed by atoms with Crippen LogP contribution < -0.4 is 5.32 Å². The van der Waals surface area contributed by atoms with Gasteiger partial charge in [0.15, 0.2) is 0 Å². The lowest BCUT2D eigenvalue weighted by molar-refractivity contribution is 0.176. The first kappa shape index (κ1) is 17.5. The smallest absolute Gasteiger partial charge is 0.321 e. The van der Waals surface area contributed by atoms with Gasteiger partial charge >= 0.3 is 6.03 Å². The Morgan fingerprint density at radius 3 is 2.68 bits per heavy atom. The highest BCUT2D eigenvalue weighted by atomic mass is 16.2. The fourth-order valence-electron chi connectivity index (χ4n) is 3.48. The van der Waals surface area contributed by atoms with Crippen LogP contribution in [-0.2, 0) is 6.54 Å². The lowest BCUT2D eigenvalue weighted by Crippen LogP contribution is -2.41. The topological polar surface area (TPSA) is 50.2 Å². The molecule has 2 amide bonds. The molecule has 5 heteroatoms. The van der Waals surface area contributed by atoms with E-state index in [0.29, 0.717) is 11.8 Å². The predicted molar refractivity (Wildman–Crippen MR) is 101 cm³/mol. The number of piperidine rings is 1. The molecule has 0 aliphatic carbocycles. The summed E-state index contributed by atoms with van der Waals surface area (Å²) in [6, 6.07) is 7.91. The summed E-state index contributed by atoms with van der Waals surface area (Å²) in [7, 11) is 0. The number of carbonyl (C=O) groups excluding carboxylic acids is 1. The van der Waals surface area contributed by atoms with Crippen LogP contribution >= 0.6 is 0 Å². The number of likely N-dealkylation sites (tertiary alicyclic amines) is 1. The van der Waals surface area contributed by atoms with Crippen LogP contribution in [0.5, 0.6) is 0 Å². The van der Waals surface area contributed by atoms with Crippen LogP contribution in [0.2, 0.25) is 0 Å². The molecular weight excluding hydrogens is 312 g/mol. The second kappa shape index (κ2) is 7.72. The van der Waals surface area contributed by atoms with Crippen LogP contribution in [0.4, 0.5) is 10.5 Å². The van der Waals surface area contributed by atoms with Gasteiger partial charge in [-0.2, -0.15) is 0 Å². The number of carbonyl (C=O) groups is 1. The largest absolute Gasteiger partial charge is 0.334 e. The molecule has 1 aliphatic heterocycles. The van der Waals surface area contributed by atoms with Gasteiger partial charge in [0.05, 0.1) is 0 Å². The van der Waals surface area contributed by atoms with Gasteiger partial charge in [-0.15, -0.1) is 0 Å². The zero-order valence-corrected chi connectivity index (χ0v) is 15.4. The van der Waals surface area contributed by atoms with Crippen LogP contribution in [0.3, 0.4) is 0 Å². The molecular formula is C20H28N4O. The highest BCUT2D eigenvalue weighted by Gasteiger charge is 2.24. The number of aromatic nitrogens is 2. The van der Waals surface area contributed by atoms with E-state index in [9.17, 15) is 4.79 Å². The number of nitrogens with one attached hydrogen (secondary N) is 1. The number of hydrogen-bond acceptors (Lipinski definition) is 2. The molecule has 2 aromatic rings. The van der Waals surface area contributed by atoms with Crippen molar-refractivity contribution < 1.29 is 4.79 Å². The Kier molecular flexibility index (Phi) is 5.41. The van der Waals surface area contributed by atoms with Crippen LogP contribution in [0.1, 0.15) is 44.0 Å². The molecule has 0 radical (unpaired) electrons. The van der Waals surface area contributed by atoms with Gasteiger partial charge in [-0.05, 0) is 37.3 Å². The SMILES string of the molecule is Cc1ccccc1NC(=O)N1CCC(Cn2ccnc2C(C)C)CC1. The highest BCUT2D eigenvalue weighted by Crippen LogP contribution is 2.22. The molecule has 1 aliphatic rings. The number of anilines is 1. The number of amides is 2. The first-order chi connectivity index (χ1) is 12.0. The molecule has 0 saturated carbocycles. The van der Waals surface area contributed by atoms with E-state index in [0.717, 1.165) is 49.6 Å². The van der Waals surface area contributed by atoms with Crippen LogP contribution in [0.25, 0.3) is 0 Å². The van der Waals surface area contributed by atoms with Crippen molar-refractivity contribution in [1.82, 2.24) is 14.5 Å². The maximum atomic E-state index is 12.5. The molecule has 0 spiro atoms. The number of para-hydroxylation sites is 1. The van der Waals surface area contributed by atoms with E-state index in [1.807, 2.05) is 42.3 Å². The minimum Gasteiger partial charge on any atom is -0.334 e. The third-order valence-corrected chi connectivity index (χ3v) is 5.01. The Morgan fingerprint density at radius 1 is 1.28 bits per heavy atom. The Morgan fingerprint density at radius 2 is 2.00 bits per heavy atom. The summed E-state index contributed by atoms with van der Waals surface area (Å²) in [5.41, 5.74) is 1.99. The first-order valence-corrected chi connectivity index (χ1v) is 9.17. The van der Waals surface area contributed by atoms with Crippen LogP contribution in [0.15, 0.2) is 36.7 Å². The zero-order chi connectivity index (χ0) is 17.8. The summed E-state index contributed by atoms with van der Waals surface area (Å²) in [6.45, 7) is 9.00. The van der Waals surface area contributed by atoms with Crippen molar-refractivity contribution in [2.45, 2.75) is 46.1 Å². The molecule has 1 fully saturated rings. The maximum Gasteiger partial charge on any atom is 0.321 e. The van der Waals surface area contributed by atoms with Crippen molar-refractivity contribution in [3.8, 4) is 0 Å².